The Bertz CT molecular complexity index is 796. The van der Waals surface area contributed by atoms with E-state index in [2.05, 4.69) is 74.4 Å². The van der Waals surface area contributed by atoms with Crippen molar-refractivity contribution in [3.8, 4) is 0 Å². The first-order valence-electron chi connectivity index (χ1n) is 21.8. The van der Waals surface area contributed by atoms with E-state index >= 15 is 0 Å². The number of rotatable bonds is 32. The van der Waals surface area contributed by atoms with E-state index in [0.717, 1.165) is 38.2 Å². The van der Waals surface area contributed by atoms with Gasteiger partial charge in [-0.1, -0.05) is 140 Å². The second-order valence-electron chi connectivity index (χ2n) is 15.6. The lowest BCUT2D eigenvalue weighted by atomic mass is 9.93. The maximum atomic E-state index is 6.87. The first-order valence-corrected chi connectivity index (χ1v) is 21.8. The molecule has 2 aliphatic heterocycles. The van der Waals surface area contributed by atoms with Crippen molar-refractivity contribution in [1.29, 1.82) is 0 Å². The van der Waals surface area contributed by atoms with E-state index in [4.69, 9.17) is 9.47 Å². The number of ether oxygens (including phenoxy) is 2. The van der Waals surface area contributed by atoms with Crippen LogP contribution in [0.15, 0.2) is 48.6 Å². The van der Waals surface area contributed by atoms with Crippen molar-refractivity contribution in [2.75, 3.05) is 26.7 Å². The Hall–Kier alpha value is -1.16. The summed E-state index contributed by atoms with van der Waals surface area (Å²) in [7, 11) is 2.28. The smallest absolute Gasteiger partial charge is 0.168 e. The van der Waals surface area contributed by atoms with Crippen LogP contribution in [0.3, 0.4) is 0 Å². The van der Waals surface area contributed by atoms with Gasteiger partial charge in [-0.15, -0.1) is 0 Å². The summed E-state index contributed by atoms with van der Waals surface area (Å²) < 4.78 is 13.5. The van der Waals surface area contributed by atoms with Crippen LogP contribution in [0.4, 0.5) is 0 Å². The maximum absolute atomic E-state index is 6.87. The third-order valence-corrected chi connectivity index (χ3v) is 10.7. The van der Waals surface area contributed by atoms with Gasteiger partial charge in [0.2, 0.25) is 0 Å². The van der Waals surface area contributed by atoms with Crippen LogP contribution in [0, 0.1) is 5.92 Å². The molecule has 0 bridgehead atoms. The van der Waals surface area contributed by atoms with Gasteiger partial charge < -0.3 is 14.4 Å². The lowest BCUT2D eigenvalue weighted by Gasteiger charge is -2.32. The standard InChI is InChI=1S/C46H83NO2/c1-4-6-8-10-12-14-16-18-20-22-24-26-28-30-32-34-38-46(48-43-45(49-46)41-44-37-36-40-47(3)42-44)39-35-33-31-29-27-25-23-21-19-17-15-13-11-9-7-5-2/h12-15,18-21,44-45H,4-11,16-17,22-43H2,1-3H3/b14-12-,15-13-,20-18-,21-19-. The normalized spacial score (nSPS) is 20.3. The molecule has 0 N–H and O–H groups in total. The molecule has 2 aliphatic rings. The molecule has 2 rings (SSSR count). The van der Waals surface area contributed by atoms with Crippen molar-refractivity contribution in [3.63, 3.8) is 0 Å². The molecule has 0 saturated carbocycles. The first-order chi connectivity index (χ1) is 24.2. The minimum absolute atomic E-state index is 0.297. The average Bonchev–Trinajstić information content (AvgIpc) is 3.50. The summed E-state index contributed by atoms with van der Waals surface area (Å²) in [5.41, 5.74) is 0. The molecule has 2 atom stereocenters. The van der Waals surface area contributed by atoms with Crippen molar-refractivity contribution in [2.24, 2.45) is 5.92 Å². The molecule has 0 aliphatic carbocycles. The van der Waals surface area contributed by atoms with Gasteiger partial charge in [0, 0.05) is 19.4 Å². The van der Waals surface area contributed by atoms with Crippen LogP contribution in [0.25, 0.3) is 0 Å². The van der Waals surface area contributed by atoms with Crippen LogP contribution in [0.2, 0.25) is 0 Å². The fraction of sp³-hybridized carbons (Fsp3) is 0.826. The van der Waals surface area contributed by atoms with E-state index in [-0.39, 0.29) is 5.79 Å². The van der Waals surface area contributed by atoms with Crippen LogP contribution < -0.4 is 0 Å². The molecule has 3 heteroatoms. The van der Waals surface area contributed by atoms with E-state index in [9.17, 15) is 0 Å². The van der Waals surface area contributed by atoms with Gasteiger partial charge >= 0.3 is 0 Å². The van der Waals surface area contributed by atoms with E-state index in [1.807, 2.05) is 0 Å². The number of hydrogen-bond donors (Lipinski definition) is 0. The third-order valence-electron chi connectivity index (χ3n) is 10.7. The number of piperidine rings is 1. The zero-order chi connectivity index (χ0) is 34.9. The average molecular weight is 682 g/mol. The minimum atomic E-state index is -0.310. The largest absolute Gasteiger partial charge is 0.347 e. The van der Waals surface area contributed by atoms with Gasteiger partial charge in [-0.05, 0) is 116 Å². The van der Waals surface area contributed by atoms with E-state index in [1.54, 1.807) is 0 Å². The molecular formula is C46H83NO2. The van der Waals surface area contributed by atoms with Crippen molar-refractivity contribution in [1.82, 2.24) is 4.90 Å². The third kappa shape index (κ3) is 24.6. The van der Waals surface area contributed by atoms with Crippen LogP contribution >= 0.6 is 0 Å². The molecule has 2 unspecified atom stereocenters. The molecule has 2 saturated heterocycles. The Labute approximate surface area is 306 Å². The van der Waals surface area contributed by atoms with Crippen LogP contribution in [0.5, 0.6) is 0 Å². The molecule has 0 aromatic carbocycles. The summed E-state index contributed by atoms with van der Waals surface area (Å²) in [6.07, 6.45) is 56.4. The van der Waals surface area contributed by atoms with Gasteiger partial charge in [-0.25, -0.2) is 0 Å². The maximum Gasteiger partial charge on any atom is 0.168 e. The Morgan fingerprint density at radius 3 is 1.49 bits per heavy atom. The summed E-state index contributed by atoms with van der Waals surface area (Å²) in [6, 6.07) is 0. The quantitative estimate of drug-likeness (QED) is 0.0521. The van der Waals surface area contributed by atoms with Crippen molar-refractivity contribution < 1.29 is 9.47 Å². The summed E-state index contributed by atoms with van der Waals surface area (Å²) in [4.78, 5) is 2.51. The Kier molecular flexibility index (Phi) is 28.3. The minimum Gasteiger partial charge on any atom is -0.347 e. The summed E-state index contributed by atoms with van der Waals surface area (Å²) in [5.74, 6) is 0.460. The van der Waals surface area contributed by atoms with E-state index < -0.39 is 0 Å². The fourth-order valence-corrected chi connectivity index (χ4v) is 7.72. The summed E-state index contributed by atoms with van der Waals surface area (Å²) in [6.45, 7) is 7.84. The molecule has 0 aromatic heterocycles. The highest BCUT2D eigenvalue weighted by atomic mass is 16.7. The lowest BCUT2D eigenvalue weighted by molar-refractivity contribution is -0.181. The zero-order valence-corrected chi connectivity index (χ0v) is 33.2. The van der Waals surface area contributed by atoms with Gasteiger partial charge in [0.05, 0.1) is 12.7 Å². The SMILES string of the molecule is CCCCC/C=C\C/C=C\CCCCCCCCC1(CCCCCCCC/C=C\C/C=C\CCCCC)OCC(CC2CCCN(C)C2)O1. The van der Waals surface area contributed by atoms with Gasteiger partial charge in [-0.3, -0.25) is 0 Å². The molecule has 49 heavy (non-hydrogen) atoms. The van der Waals surface area contributed by atoms with Crippen LogP contribution in [0.1, 0.15) is 200 Å². The predicted octanol–water partition coefficient (Wildman–Crippen LogP) is 14.2. The Morgan fingerprint density at radius 1 is 0.571 bits per heavy atom. The number of hydrogen-bond acceptors (Lipinski definition) is 3. The molecule has 3 nitrogen and oxygen atoms in total. The fourth-order valence-electron chi connectivity index (χ4n) is 7.72. The van der Waals surface area contributed by atoms with Gasteiger partial charge in [-0.2, -0.15) is 0 Å². The first kappa shape index (κ1) is 44.0. The summed E-state index contributed by atoms with van der Waals surface area (Å²) in [5, 5.41) is 0. The highest BCUT2D eigenvalue weighted by Gasteiger charge is 2.41. The Morgan fingerprint density at radius 2 is 1.02 bits per heavy atom. The van der Waals surface area contributed by atoms with Gasteiger partial charge in [0.1, 0.15) is 0 Å². The molecule has 2 heterocycles. The molecular weight excluding hydrogens is 599 g/mol. The van der Waals surface area contributed by atoms with Crippen LogP contribution in [-0.4, -0.2) is 43.5 Å². The second-order valence-corrected chi connectivity index (χ2v) is 15.6. The topological polar surface area (TPSA) is 21.7 Å². The number of allylic oxidation sites excluding steroid dienone is 8. The molecule has 0 aromatic rings. The second kappa shape index (κ2) is 31.6. The van der Waals surface area contributed by atoms with Crippen molar-refractivity contribution >= 4 is 0 Å². The highest BCUT2D eigenvalue weighted by molar-refractivity contribution is 4.93. The zero-order valence-electron chi connectivity index (χ0n) is 33.2. The highest BCUT2D eigenvalue weighted by Crippen LogP contribution is 2.37. The van der Waals surface area contributed by atoms with Gasteiger partial charge in [0.15, 0.2) is 5.79 Å². The van der Waals surface area contributed by atoms with E-state index in [1.165, 1.54) is 174 Å². The molecule has 0 spiro atoms. The number of nitrogens with zero attached hydrogens (tertiary/aromatic N) is 1. The molecule has 284 valence electrons. The molecule has 0 amide bonds. The van der Waals surface area contributed by atoms with Crippen molar-refractivity contribution in [3.05, 3.63) is 48.6 Å². The number of likely N-dealkylation sites (tertiary alicyclic amines) is 1. The Balaban J connectivity index is 1.58. The number of unbranched alkanes of at least 4 members (excludes halogenated alkanes) is 18. The lowest BCUT2D eigenvalue weighted by Crippen LogP contribution is -2.35. The van der Waals surface area contributed by atoms with E-state index in [0.29, 0.717) is 6.10 Å². The monoisotopic (exact) mass is 682 g/mol. The molecule has 0 radical (unpaired) electrons. The van der Waals surface area contributed by atoms with Crippen LogP contribution in [-0.2, 0) is 9.47 Å². The van der Waals surface area contributed by atoms with Gasteiger partial charge in [0.25, 0.3) is 0 Å². The summed E-state index contributed by atoms with van der Waals surface area (Å²) >= 11 is 0. The predicted molar refractivity (Wildman–Crippen MR) is 216 cm³/mol. The molecule has 2 fully saturated rings. The van der Waals surface area contributed by atoms with Crippen molar-refractivity contribution in [2.45, 2.75) is 212 Å².